The van der Waals surface area contributed by atoms with E-state index in [0.29, 0.717) is 0 Å². The Morgan fingerprint density at radius 3 is 2.27 bits per heavy atom. The first-order valence-electron chi connectivity index (χ1n) is 8.52. The molecule has 0 atom stereocenters. The van der Waals surface area contributed by atoms with Crippen LogP contribution >= 0.6 is 15.9 Å². The molecule has 0 N–H and O–H groups in total. The van der Waals surface area contributed by atoms with Gasteiger partial charge in [0.2, 0.25) is 0 Å². The van der Waals surface area contributed by atoms with Gasteiger partial charge in [0.05, 0.1) is 11.0 Å². The van der Waals surface area contributed by atoms with Crippen LogP contribution in [0.2, 0.25) is 0 Å². The van der Waals surface area contributed by atoms with Crippen LogP contribution in [-0.2, 0) is 0 Å². The van der Waals surface area contributed by atoms with Crippen LogP contribution in [0.15, 0.2) is 95.5 Å². The summed E-state index contributed by atoms with van der Waals surface area (Å²) in [7, 11) is 0. The molecule has 0 aliphatic carbocycles. The molecular weight excluding hydrogens is 384 g/mol. The first-order valence-corrected chi connectivity index (χ1v) is 9.31. The number of aromatic nitrogens is 2. The summed E-state index contributed by atoms with van der Waals surface area (Å²) in [6.45, 7) is 0. The zero-order valence-corrected chi connectivity index (χ0v) is 15.5. The number of hydrogen-bond acceptors (Lipinski definition) is 1. The second-order valence-electron chi connectivity index (χ2n) is 6.30. The smallest absolute Gasteiger partial charge is 0.145 e. The van der Waals surface area contributed by atoms with Crippen molar-refractivity contribution in [2.75, 3.05) is 0 Å². The van der Waals surface area contributed by atoms with Crippen molar-refractivity contribution in [3.8, 4) is 17.1 Å². The van der Waals surface area contributed by atoms with Crippen LogP contribution in [0.1, 0.15) is 0 Å². The largest absolute Gasteiger partial charge is 0.292 e. The molecule has 0 radical (unpaired) electrons. The van der Waals surface area contributed by atoms with Gasteiger partial charge in [0.1, 0.15) is 5.82 Å². The van der Waals surface area contributed by atoms with Gasteiger partial charge in [-0.25, -0.2) is 4.98 Å². The lowest BCUT2D eigenvalue weighted by Gasteiger charge is -2.11. The van der Waals surface area contributed by atoms with Crippen LogP contribution in [0.3, 0.4) is 0 Å². The fraction of sp³-hybridized carbons (Fsp3) is 0. The van der Waals surface area contributed by atoms with Crippen molar-refractivity contribution < 1.29 is 0 Å². The molecule has 0 amide bonds. The Kier molecular flexibility index (Phi) is 3.61. The molecule has 5 aromatic rings. The lowest BCUT2D eigenvalue weighted by Crippen LogP contribution is -1.97. The summed E-state index contributed by atoms with van der Waals surface area (Å²) >= 11 is 3.52. The zero-order valence-electron chi connectivity index (χ0n) is 13.9. The number of fused-ring (bicyclic) bond motifs is 2. The van der Waals surface area contributed by atoms with E-state index in [1.54, 1.807) is 0 Å². The van der Waals surface area contributed by atoms with Crippen molar-refractivity contribution in [3.05, 3.63) is 95.5 Å². The Morgan fingerprint density at radius 1 is 0.692 bits per heavy atom. The number of hydrogen-bond donors (Lipinski definition) is 0. The molecule has 1 heterocycles. The maximum atomic E-state index is 4.92. The Bertz CT molecular complexity index is 1240. The first kappa shape index (κ1) is 15.4. The molecule has 26 heavy (non-hydrogen) atoms. The molecule has 0 unspecified atom stereocenters. The van der Waals surface area contributed by atoms with Crippen LogP contribution < -0.4 is 0 Å². The summed E-state index contributed by atoms with van der Waals surface area (Å²) in [5, 5.41) is 2.47. The fourth-order valence-corrected chi connectivity index (χ4v) is 3.66. The van der Waals surface area contributed by atoms with Gasteiger partial charge in [0.15, 0.2) is 0 Å². The molecule has 0 aliphatic heterocycles. The molecule has 0 aliphatic rings. The number of benzene rings is 4. The summed E-state index contributed by atoms with van der Waals surface area (Å²) < 4.78 is 3.31. The van der Waals surface area contributed by atoms with Crippen molar-refractivity contribution in [2.24, 2.45) is 0 Å². The van der Waals surface area contributed by atoms with Crippen molar-refractivity contribution in [1.29, 1.82) is 0 Å². The molecule has 124 valence electrons. The van der Waals surface area contributed by atoms with E-state index in [0.717, 1.165) is 32.6 Å². The van der Waals surface area contributed by atoms with Crippen molar-refractivity contribution in [1.82, 2.24) is 9.55 Å². The van der Waals surface area contributed by atoms with Gasteiger partial charge >= 0.3 is 0 Å². The summed E-state index contributed by atoms with van der Waals surface area (Å²) in [6.07, 6.45) is 0. The van der Waals surface area contributed by atoms with E-state index < -0.39 is 0 Å². The highest BCUT2D eigenvalue weighted by molar-refractivity contribution is 9.10. The highest BCUT2D eigenvalue weighted by atomic mass is 79.9. The maximum absolute atomic E-state index is 4.92. The molecule has 2 nitrogen and oxygen atoms in total. The number of nitrogens with zero attached hydrogens (tertiary/aromatic N) is 2. The van der Waals surface area contributed by atoms with Crippen LogP contribution in [0.25, 0.3) is 38.9 Å². The van der Waals surface area contributed by atoms with Gasteiger partial charge < -0.3 is 0 Å². The Hall–Kier alpha value is -2.91. The van der Waals surface area contributed by atoms with Crippen molar-refractivity contribution in [3.63, 3.8) is 0 Å². The van der Waals surface area contributed by atoms with Gasteiger partial charge in [-0.05, 0) is 47.2 Å². The predicted molar refractivity (Wildman–Crippen MR) is 112 cm³/mol. The Labute approximate surface area is 159 Å². The fourth-order valence-electron chi connectivity index (χ4n) is 3.40. The van der Waals surface area contributed by atoms with E-state index in [9.17, 15) is 0 Å². The molecule has 5 rings (SSSR count). The minimum absolute atomic E-state index is 0.953. The maximum Gasteiger partial charge on any atom is 0.145 e. The zero-order chi connectivity index (χ0) is 17.5. The minimum Gasteiger partial charge on any atom is -0.292 e. The summed E-state index contributed by atoms with van der Waals surface area (Å²) in [4.78, 5) is 4.92. The number of halogens is 1. The number of rotatable bonds is 2. The second-order valence-corrected chi connectivity index (χ2v) is 7.21. The minimum atomic E-state index is 0.953. The third-order valence-corrected chi connectivity index (χ3v) is 5.18. The third-order valence-electron chi connectivity index (χ3n) is 4.65. The lowest BCUT2D eigenvalue weighted by molar-refractivity contribution is 1.11. The molecule has 0 saturated carbocycles. The van der Waals surface area contributed by atoms with Gasteiger partial charge in [-0.1, -0.05) is 70.5 Å². The number of imidazole rings is 1. The van der Waals surface area contributed by atoms with Crippen LogP contribution in [0, 0.1) is 0 Å². The van der Waals surface area contributed by atoms with E-state index in [4.69, 9.17) is 4.98 Å². The summed E-state index contributed by atoms with van der Waals surface area (Å²) in [5.74, 6) is 0.953. The van der Waals surface area contributed by atoms with E-state index >= 15 is 0 Å². The molecule has 0 spiro atoms. The monoisotopic (exact) mass is 398 g/mol. The Balaban J connectivity index is 1.82. The van der Waals surface area contributed by atoms with E-state index in [2.05, 4.69) is 105 Å². The topological polar surface area (TPSA) is 17.8 Å². The second kappa shape index (κ2) is 6.11. The molecular formula is C23H15BrN2. The predicted octanol–water partition coefficient (Wildman–Crippen LogP) is 6.61. The van der Waals surface area contributed by atoms with Crippen molar-refractivity contribution in [2.45, 2.75) is 0 Å². The van der Waals surface area contributed by atoms with Gasteiger partial charge in [0.25, 0.3) is 0 Å². The van der Waals surface area contributed by atoms with Crippen molar-refractivity contribution >= 4 is 37.7 Å². The standard InChI is InChI=1S/C23H15BrN2/c24-19-12-9-17(10-13-19)23-25-21-7-3-4-8-22(21)26(23)20-14-11-16-5-1-2-6-18(16)15-20/h1-15H. The molecule has 1 aromatic heterocycles. The summed E-state index contributed by atoms with van der Waals surface area (Å²) in [6, 6.07) is 31.6. The highest BCUT2D eigenvalue weighted by Crippen LogP contribution is 2.30. The Morgan fingerprint density at radius 2 is 1.42 bits per heavy atom. The van der Waals surface area contributed by atoms with E-state index in [1.807, 2.05) is 6.07 Å². The van der Waals surface area contributed by atoms with Gasteiger partial charge in [-0.15, -0.1) is 0 Å². The molecule has 0 fully saturated rings. The normalized spacial score (nSPS) is 11.3. The quantitative estimate of drug-likeness (QED) is 0.327. The van der Waals surface area contributed by atoms with Gasteiger partial charge in [0, 0.05) is 15.7 Å². The molecule has 3 heteroatoms. The molecule has 0 saturated heterocycles. The van der Waals surface area contributed by atoms with E-state index in [1.165, 1.54) is 10.8 Å². The lowest BCUT2D eigenvalue weighted by atomic mass is 10.1. The van der Waals surface area contributed by atoms with E-state index in [-0.39, 0.29) is 0 Å². The average molecular weight is 399 g/mol. The van der Waals surface area contributed by atoms with Gasteiger partial charge in [-0.3, -0.25) is 4.57 Å². The first-order chi connectivity index (χ1) is 12.8. The molecule has 0 bridgehead atoms. The van der Waals surface area contributed by atoms with Crippen LogP contribution in [0.5, 0.6) is 0 Å². The van der Waals surface area contributed by atoms with Crippen LogP contribution in [-0.4, -0.2) is 9.55 Å². The van der Waals surface area contributed by atoms with Gasteiger partial charge in [-0.2, -0.15) is 0 Å². The highest BCUT2D eigenvalue weighted by Gasteiger charge is 2.14. The molecule has 4 aromatic carbocycles. The van der Waals surface area contributed by atoms with Crippen LogP contribution in [0.4, 0.5) is 0 Å². The third kappa shape index (κ3) is 2.52. The SMILES string of the molecule is Brc1ccc(-c2nc3ccccc3n2-c2ccc3ccccc3c2)cc1. The summed E-state index contributed by atoms with van der Waals surface area (Å²) in [5.41, 5.74) is 4.33. The number of para-hydroxylation sites is 2. The average Bonchev–Trinajstić information content (AvgIpc) is 3.07.